The molecular formula is C14H21NO2S. The molecule has 1 fully saturated rings. The van der Waals surface area contributed by atoms with E-state index >= 15 is 0 Å². The summed E-state index contributed by atoms with van der Waals surface area (Å²) in [4.78, 5) is 0. The normalized spacial score (nSPS) is 22.8. The quantitative estimate of drug-likeness (QED) is 0.900. The zero-order valence-corrected chi connectivity index (χ0v) is 11.5. The molecule has 0 bridgehead atoms. The lowest BCUT2D eigenvalue weighted by atomic mass is 9.92. The lowest BCUT2D eigenvalue weighted by Gasteiger charge is -2.23. The van der Waals surface area contributed by atoms with Crippen LogP contribution < -0.4 is 5.73 Å². The van der Waals surface area contributed by atoms with Crippen LogP contribution in [0.1, 0.15) is 24.0 Å². The first-order chi connectivity index (χ1) is 8.61. The Balaban J connectivity index is 2.09. The minimum Gasteiger partial charge on any atom is -0.330 e. The van der Waals surface area contributed by atoms with E-state index in [1.807, 2.05) is 12.1 Å². The fourth-order valence-corrected chi connectivity index (χ4v) is 4.52. The van der Waals surface area contributed by atoms with Crippen molar-refractivity contribution >= 4 is 9.84 Å². The minimum atomic E-state index is -2.80. The highest BCUT2D eigenvalue weighted by Crippen LogP contribution is 2.24. The minimum absolute atomic E-state index is 0.280. The Morgan fingerprint density at radius 2 is 1.94 bits per heavy atom. The molecule has 1 aliphatic heterocycles. The second-order valence-electron chi connectivity index (χ2n) is 5.13. The van der Waals surface area contributed by atoms with Crippen molar-refractivity contribution in [2.24, 2.45) is 11.7 Å². The molecule has 1 aliphatic rings. The van der Waals surface area contributed by atoms with Crippen LogP contribution in [-0.4, -0.2) is 26.5 Å². The van der Waals surface area contributed by atoms with Gasteiger partial charge in [-0.1, -0.05) is 24.3 Å². The van der Waals surface area contributed by atoms with E-state index < -0.39 is 9.84 Å². The van der Waals surface area contributed by atoms with Crippen molar-refractivity contribution in [1.29, 1.82) is 0 Å². The molecule has 0 aromatic heterocycles. The average Bonchev–Trinajstić information content (AvgIpc) is 2.31. The van der Waals surface area contributed by atoms with Gasteiger partial charge in [-0.2, -0.15) is 0 Å². The molecule has 0 saturated carbocycles. The van der Waals surface area contributed by atoms with E-state index in [0.717, 1.165) is 25.7 Å². The third-order valence-corrected chi connectivity index (χ3v) is 5.49. The Morgan fingerprint density at radius 1 is 1.22 bits per heavy atom. The number of hydrogen-bond donors (Lipinski definition) is 1. The van der Waals surface area contributed by atoms with Gasteiger partial charge in [0, 0.05) is 0 Å². The monoisotopic (exact) mass is 267 g/mol. The molecule has 0 radical (unpaired) electrons. The molecule has 1 saturated heterocycles. The molecule has 100 valence electrons. The largest absolute Gasteiger partial charge is 0.330 e. The summed E-state index contributed by atoms with van der Waals surface area (Å²) in [6.45, 7) is 0.639. The predicted molar refractivity (Wildman–Crippen MR) is 74.3 cm³/mol. The molecule has 0 spiro atoms. The summed E-state index contributed by atoms with van der Waals surface area (Å²) < 4.78 is 23.3. The van der Waals surface area contributed by atoms with Crippen LogP contribution in [0.2, 0.25) is 0 Å². The molecule has 1 aromatic rings. The fourth-order valence-electron chi connectivity index (χ4n) is 2.75. The van der Waals surface area contributed by atoms with Crippen molar-refractivity contribution in [3.8, 4) is 0 Å². The molecule has 1 unspecified atom stereocenters. The molecule has 1 heterocycles. The maximum absolute atomic E-state index is 11.6. The number of rotatable bonds is 4. The Morgan fingerprint density at radius 3 is 2.61 bits per heavy atom. The number of nitrogens with two attached hydrogens (primary N) is 1. The van der Waals surface area contributed by atoms with Gasteiger partial charge < -0.3 is 5.73 Å². The Bertz CT molecular complexity index is 496. The van der Waals surface area contributed by atoms with E-state index in [1.165, 1.54) is 11.1 Å². The first-order valence-electron chi connectivity index (χ1n) is 6.58. The van der Waals surface area contributed by atoms with Crippen LogP contribution in [0, 0.1) is 5.92 Å². The summed E-state index contributed by atoms with van der Waals surface area (Å²) >= 11 is 0. The van der Waals surface area contributed by atoms with Crippen LogP contribution in [0.15, 0.2) is 24.3 Å². The topological polar surface area (TPSA) is 60.2 Å². The van der Waals surface area contributed by atoms with E-state index in [2.05, 4.69) is 12.1 Å². The van der Waals surface area contributed by atoms with E-state index in [9.17, 15) is 8.42 Å². The van der Waals surface area contributed by atoms with E-state index in [4.69, 9.17) is 5.73 Å². The summed E-state index contributed by atoms with van der Waals surface area (Å²) in [7, 11) is -2.80. The van der Waals surface area contributed by atoms with E-state index in [-0.39, 0.29) is 5.92 Å². The van der Waals surface area contributed by atoms with Crippen LogP contribution in [0.25, 0.3) is 0 Å². The zero-order valence-electron chi connectivity index (χ0n) is 10.6. The Labute approximate surface area is 109 Å². The second-order valence-corrected chi connectivity index (χ2v) is 7.36. The molecule has 0 aliphatic carbocycles. The molecule has 1 atom stereocenters. The molecular weight excluding hydrogens is 246 g/mol. The number of hydrogen-bond acceptors (Lipinski definition) is 3. The van der Waals surface area contributed by atoms with Crippen molar-refractivity contribution in [1.82, 2.24) is 0 Å². The first-order valence-corrected chi connectivity index (χ1v) is 8.40. The third kappa shape index (κ3) is 3.56. The SMILES string of the molecule is NCCc1ccccc1CC1CCCS(=O)(=O)C1. The highest BCUT2D eigenvalue weighted by atomic mass is 32.2. The van der Waals surface area contributed by atoms with Gasteiger partial charge in [-0.15, -0.1) is 0 Å². The van der Waals surface area contributed by atoms with Crippen LogP contribution in [0.4, 0.5) is 0 Å². The maximum atomic E-state index is 11.6. The van der Waals surface area contributed by atoms with Gasteiger partial charge in [-0.05, 0) is 49.3 Å². The van der Waals surface area contributed by atoms with Crippen molar-refractivity contribution in [3.63, 3.8) is 0 Å². The van der Waals surface area contributed by atoms with E-state index in [0.29, 0.717) is 18.1 Å². The number of sulfone groups is 1. The van der Waals surface area contributed by atoms with Crippen molar-refractivity contribution < 1.29 is 8.42 Å². The van der Waals surface area contributed by atoms with E-state index in [1.54, 1.807) is 0 Å². The smallest absolute Gasteiger partial charge is 0.150 e. The van der Waals surface area contributed by atoms with Gasteiger partial charge in [0.15, 0.2) is 9.84 Å². The van der Waals surface area contributed by atoms with Crippen LogP contribution in [-0.2, 0) is 22.7 Å². The second kappa shape index (κ2) is 5.85. The van der Waals surface area contributed by atoms with Crippen LogP contribution in [0.5, 0.6) is 0 Å². The van der Waals surface area contributed by atoms with Crippen LogP contribution >= 0.6 is 0 Å². The third-order valence-electron chi connectivity index (χ3n) is 3.60. The van der Waals surface area contributed by atoms with Crippen molar-refractivity contribution in [2.75, 3.05) is 18.1 Å². The van der Waals surface area contributed by atoms with Gasteiger partial charge >= 0.3 is 0 Å². The van der Waals surface area contributed by atoms with Crippen molar-refractivity contribution in [3.05, 3.63) is 35.4 Å². The van der Waals surface area contributed by atoms with Crippen LogP contribution in [0.3, 0.4) is 0 Å². The van der Waals surface area contributed by atoms with Gasteiger partial charge in [0.2, 0.25) is 0 Å². The highest BCUT2D eigenvalue weighted by molar-refractivity contribution is 7.91. The molecule has 2 N–H and O–H groups in total. The maximum Gasteiger partial charge on any atom is 0.150 e. The molecule has 2 rings (SSSR count). The van der Waals surface area contributed by atoms with Crippen molar-refractivity contribution in [2.45, 2.75) is 25.7 Å². The molecule has 1 aromatic carbocycles. The Hall–Kier alpha value is -0.870. The summed E-state index contributed by atoms with van der Waals surface area (Å²) in [5.41, 5.74) is 8.14. The predicted octanol–water partition coefficient (Wildman–Crippen LogP) is 1.56. The Kier molecular flexibility index (Phi) is 4.40. The van der Waals surface area contributed by atoms with Gasteiger partial charge in [0.05, 0.1) is 11.5 Å². The molecule has 18 heavy (non-hydrogen) atoms. The molecule has 3 nitrogen and oxygen atoms in total. The van der Waals surface area contributed by atoms with Gasteiger partial charge in [0.25, 0.3) is 0 Å². The first kappa shape index (κ1) is 13.6. The average molecular weight is 267 g/mol. The highest BCUT2D eigenvalue weighted by Gasteiger charge is 2.25. The lowest BCUT2D eigenvalue weighted by Crippen LogP contribution is -2.26. The van der Waals surface area contributed by atoms with Gasteiger partial charge in [-0.25, -0.2) is 8.42 Å². The summed E-state index contributed by atoms with van der Waals surface area (Å²) in [6.07, 6.45) is 3.58. The lowest BCUT2D eigenvalue weighted by molar-refractivity contribution is 0.482. The summed E-state index contributed by atoms with van der Waals surface area (Å²) in [5.74, 6) is 1.00. The molecule has 4 heteroatoms. The van der Waals surface area contributed by atoms with Gasteiger partial charge in [-0.3, -0.25) is 0 Å². The standard InChI is InChI=1S/C14H21NO2S/c15-8-7-13-5-1-2-6-14(13)10-12-4-3-9-18(16,17)11-12/h1-2,5-6,12H,3-4,7-11,15H2. The van der Waals surface area contributed by atoms with Gasteiger partial charge in [0.1, 0.15) is 0 Å². The fraction of sp³-hybridized carbons (Fsp3) is 0.571. The molecule has 0 amide bonds. The zero-order chi connectivity index (χ0) is 13.0. The summed E-state index contributed by atoms with van der Waals surface area (Å²) in [6, 6.07) is 8.24. The summed E-state index contributed by atoms with van der Waals surface area (Å²) in [5, 5.41) is 0. The number of benzene rings is 1.